The summed E-state index contributed by atoms with van der Waals surface area (Å²) in [5, 5.41) is 0. The second kappa shape index (κ2) is 8.06. The van der Waals surface area contributed by atoms with Crippen LogP contribution in [0.2, 0.25) is 0 Å². The molecule has 1 aliphatic rings. The number of aromatic nitrogens is 1. The molecule has 2 heterocycles. The lowest BCUT2D eigenvalue weighted by Crippen LogP contribution is -2.47. The van der Waals surface area contributed by atoms with E-state index in [-0.39, 0.29) is 0 Å². The molecule has 3 rings (SSSR count). The van der Waals surface area contributed by atoms with Crippen LogP contribution in [0.4, 0.5) is 0 Å². The van der Waals surface area contributed by atoms with Crippen molar-refractivity contribution in [1.82, 2.24) is 14.8 Å². The average Bonchev–Trinajstić information content (AvgIpc) is 2.61. The number of hydrogen-bond donors (Lipinski definition) is 0. The Balaban J connectivity index is 1.35. The first kappa shape index (κ1) is 15.2. The molecule has 1 fully saturated rings. The van der Waals surface area contributed by atoms with E-state index in [1.165, 1.54) is 43.9 Å². The van der Waals surface area contributed by atoms with Crippen LogP contribution in [0.5, 0.6) is 0 Å². The van der Waals surface area contributed by atoms with Gasteiger partial charge in [-0.3, -0.25) is 4.98 Å². The molecule has 1 saturated heterocycles. The largest absolute Gasteiger partial charge is 0.300 e. The van der Waals surface area contributed by atoms with Crippen LogP contribution in [0.1, 0.15) is 11.1 Å². The summed E-state index contributed by atoms with van der Waals surface area (Å²) in [7, 11) is 0. The van der Waals surface area contributed by atoms with Gasteiger partial charge >= 0.3 is 0 Å². The highest BCUT2D eigenvalue weighted by Gasteiger charge is 2.16. The summed E-state index contributed by atoms with van der Waals surface area (Å²) >= 11 is 0. The molecular formula is C19H25N3. The van der Waals surface area contributed by atoms with Gasteiger partial charge in [-0.05, 0) is 30.0 Å². The van der Waals surface area contributed by atoms with Gasteiger partial charge in [0.1, 0.15) is 0 Å². The fraction of sp³-hybridized carbons (Fsp3) is 0.421. The molecule has 0 radical (unpaired) electrons. The Morgan fingerprint density at radius 2 is 1.32 bits per heavy atom. The van der Waals surface area contributed by atoms with Crippen molar-refractivity contribution in [1.29, 1.82) is 0 Å². The number of nitrogens with zero attached hydrogens (tertiary/aromatic N) is 3. The van der Waals surface area contributed by atoms with E-state index in [2.05, 4.69) is 51.2 Å². The molecule has 1 aromatic carbocycles. The third-order valence-corrected chi connectivity index (χ3v) is 4.46. The molecule has 0 spiro atoms. The van der Waals surface area contributed by atoms with E-state index in [4.69, 9.17) is 0 Å². The lowest BCUT2D eigenvalue weighted by atomic mass is 10.1. The van der Waals surface area contributed by atoms with Crippen LogP contribution in [-0.4, -0.2) is 54.1 Å². The molecule has 0 unspecified atom stereocenters. The van der Waals surface area contributed by atoms with Crippen LogP contribution in [0.25, 0.3) is 0 Å². The molecule has 1 aliphatic heterocycles. The van der Waals surface area contributed by atoms with Gasteiger partial charge in [-0.2, -0.15) is 0 Å². The quantitative estimate of drug-likeness (QED) is 0.816. The van der Waals surface area contributed by atoms with E-state index in [1.54, 1.807) is 0 Å². The Hall–Kier alpha value is -1.71. The third kappa shape index (κ3) is 4.65. The summed E-state index contributed by atoms with van der Waals surface area (Å²) in [4.78, 5) is 9.35. The molecule has 116 valence electrons. The summed E-state index contributed by atoms with van der Waals surface area (Å²) in [5.41, 5.74) is 2.79. The van der Waals surface area contributed by atoms with Crippen LogP contribution in [0.15, 0.2) is 54.9 Å². The van der Waals surface area contributed by atoms with Gasteiger partial charge in [-0.25, -0.2) is 0 Å². The van der Waals surface area contributed by atoms with Gasteiger partial charge in [0, 0.05) is 51.7 Å². The smallest absolute Gasteiger partial charge is 0.0300 e. The predicted octanol–water partition coefficient (Wildman–Crippen LogP) is 2.48. The summed E-state index contributed by atoms with van der Waals surface area (Å²) in [6, 6.07) is 15.0. The fourth-order valence-corrected chi connectivity index (χ4v) is 3.00. The first-order valence-electron chi connectivity index (χ1n) is 8.28. The maximum atomic E-state index is 4.19. The minimum absolute atomic E-state index is 1.11. The highest BCUT2D eigenvalue weighted by molar-refractivity contribution is 5.15. The highest BCUT2D eigenvalue weighted by atomic mass is 15.3. The summed E-state index contributed by atoms with van der Waals surface area (Å²) in [6.07, 6.45) is 6.10. The average molecular weight is 295 g/mol. The molecule has 3 heteroatoms. The van der Waals surface area contributed by atoms with Crippen molar-refractivity contribution in [3.05, 3.63) is 66.0 Å². The third-order valence-electron chi connectivity index (χ3n) is 4.46. The van der Waals surface area contributed by atoms with Crippen LogP contribution >= 0.6 is 0 Å². The van der Waals surface area contributed by atoms with Crippen molar-refractivity contribution in [2.75, 3.05) is 39.3 Å². The van der Waals surface area contributed by atoms with Gasteiger partial charge in [-0.1, -0.05) is 36.4 Å². The Bertz CT molecular complexity index is 482. The van der Waals surface area contributed by atoms with Gasteiger partial charge in [-0.15, -0.1) is 0 Å². The van der Waals surface area contributed by atoms with E-state index in [9.17, 15) is 0 Å². The van der Waals surface area contributed by atoms with E-state index < -0.39 is 0 Å². The van der Waals surface area contributed by atoms with Gasteiger partial charge < -0.3 is 9.80 Å². The molecule has 0 N–H and O–H groups in total. The summed E-state index contributed by atoms with van der Waals surface area (Å²) < 4.78 is 0. The SMILES string of the molecule is c1ccc(CCN2CCN(CCc3cccnc3)CC2)cc1. The van der Waals surface area contributed by atoms with E-state index in [1.807, 2.05) is 18.5 Å². The van der Waals surface area contributed by atoms with Gasteiger partial charge in [0.25, 0.3) is 0 Å². The second-order valence-corrected chi connectivity index (χ2v) is 6.03. The maximum absolute atomic E-state index is 4.19. The zero-order valence-electron chi connectivity index (χ0n) is 13.2. The Morgan fingerprint density at radius 3 is 1.91 bits per heavy atom. The first-order chi connectivity index (χ1) is 10.9. The standard InChI is InChI=1S/C19H25N3/c1-2-5-18(6-3-1)8-11-21-13-15-22(16-14-21)12-9-19-7-4-10-20-17-19/h1-7,10,17H,8-9,11-16H2. The first-order valence-corrected chi connectivity index (χ1v) is 8.28. The number of benzene rings is 1. The van der Waals surface area contributed by atoms with Gasteiger partial charge in [0.2, 0.25) is 0 Å². The fourth-order valence-electron chi connectivity index (χ4n) is 3.00. The van der Waals surface area contributed by atoms with Crippen LogP contribution in [-0.2, 0) is 12.8 Å². The van der Waals surface area contributed by atoms with Crippen molar-refractivity contribution in [3.8, 4) is 0 Å². The van der Waals surface area contributed by atoms with Gasteiger partial charge in [0.05, 0.1) is 0 Å². The topological polar surface area (TPSA) is 19.4 Å². The highest BCUT2D eigenvalue weighted by Crippen LogP contribution is 2.07. The number of pyridine rings is 1. The molecule has 0 amide bonds. The molecule has 0 saturated carbocycles. The molecule has 0 atom stereocenters. The van der Waals surface area contributed by atoms with Crippen LogP contribution in [0.3, 0.4) is 0 Å². The van der Waals surface area contributed by atoms with E-state index in [0.717, 1.165) is 19.4 Å². The molecule has 22 heavy (non-hydrogen) atoms. The number of piperazine rings is 1. The Morgan fingerprint density at radius 1 is 0.727 bits per heavy atom. The maximum Gasteiger partial charge on any atom is 0.0300 e. The lowest BCUT2D eigenvalue weighted by molar-refractivity contribution is 0.134. The van der Waals surface area contributed by atoms with Crippen molar-refractivity contribution in [2.45, 2.75) is 12.8 Å². The van der Waals surface area contributed by atoms with Gasteiger partial charge in [0.15, 0.2) is 0 Å². The van der Waals surface area contributed by atoms with Crippen LogP contribution in [0, 0.1) is 0 Å². The zero-order valence-corrected chi connectivity index (χ0v) is 13.2. The Kier molecular flexibility index (Phi) is 5.57. The molecule has 3 nitrogen and oxygen atoms in total. The van der Waals surface area contributed by atoms with Crippen LogP contribution < -0.4 is 0 Å². The second-order valence-electron chi connectivity index (χ2n) is 6.03. The van der Waals surface area contributed by atoms with Crippen molar-refractivity contribution < 1.29 is 0 Å². The minimum atomic E-state index is 1.11. The molecule has 0 bridgehead atoms. The minimum Gasteiger partial charge on any atom is -0.300 e. The summed E-state index contributed by atoms with van der Waals surface area (Å²) in [5.74, 6) is 0. The Labute approximate surface area is 133 Å². The van der Waals surface area contributed by atoms with Crippen molar-refractivity contribution in [2.24, 2.45) is 0 Å². The molecule has 0 aliphatic carbocycles. The zero-order chi connectivity index (χ0) is 15.0. The summed E-state index contributed by atoms with van der Waals surface area (Å²) in [6.45, 7) is 7.10. The predicted molar refractivity (Wildman–Crippen MR) is 91.0 cm³/mol. The monoisotopic (exact) mass is 295 g/mol. The van der Waals surface area contributed by atoms with Crippen molar-refractivity contribution >= 4 is 0 Å². The molecule has 1 aromatic heterocycles. The van der Waals surface area contributed by atoms with E-state index in [0.29, 0.717) is 0 Å². The normalized spacial score (nSPS) is 16.7. The number of rotatable bonds is 6. The molecule has 2 aromatic rings. The lowest BCUT2D eigenvalue weighted by Gasteiger charge is -2.34. The number of hydrogen-bond acceptors (Lipinski definition) is 3. The molecular weight excluding hydrogens is 270 g/mol. The van der Waals surface area contributed by atoms with Crippen molar-refractivity contribution in [3.63, 3.8) is 0 Å². The van der Waals surface area contributed by atoms with E-state index >= 15 is 0 Å².